The van der Waals surface area contributed by atoms with Gasteiger partial charge in [-0.2, -0.15) is 0 Å². The fraction of sp³-hybridized carbons (Fsp3) is 0.611. The maximum absolute atomic E-state index is 5.88. The number of benzene rings is 1. The van der Waals surface area contributed by atoms with Crippen LogP contribution in [0.1, 0.15) is 25.8 Å². The Bertz CT molecular complexity index is 478. The number of hydrogen-bond donors (Lipinski definition) is 2. The van der Waals surface area contributed by atoms with Crippen molar-refractivity contribution in [1.82, 2.24) is 15.5 Å². The van der Waals surface area contributed by atoms with E-state index in [-0.39, 0.29) is 24.0 Å². The van der Waals surface area contributed by atoms with Crippen molar-refractivity contribution < 1.29 is 4.74 Å². The van der Waals surface area contributed by atoms with Crippen molar-refractivity contribution in [1.29, 1.82) is 0 Å². The number of guanidine groups is 1. The van der Waals surface area contributed by atoms with E-state index in [9.17, 15) is 0 Å². The summed E-state index contributed by atoms with van der Waals surface area (Å²) in [5, 5.41) is 6.69. The number of para-hydroxylation sites is 1. The lowest BCUT2D eigenvalue weighted by molar-refractivity contribution is 0.259. The third kappa shape index (κ3) is 9.97. The molecule has 138 valence electrons. The highest BCUT2D eigenvalue weighted by Gasteiger charge is 2.05. The topological polar surface area (TPSA) is 48.9 Å². The van der Waals surface area contributed by atoms with Crippen LogP contribution < -0.4 is 15.4 Å². The van der Waals surface area contributed by atoms with Crippen molar-refractivity contribution in [3.05, 3.63) is 29.8 Å². The van der Waals surface area contributed by atoms with Crippen molar-refractivity contribution in [2.45, 2.75) is 26.8 Å². The Morgan fingerprint density at radius 1 is 1.21 bits per heavy atom. The summed E-state index contributed by atoms with van der Waals surface area (Å²) >= 11 is 0. The van der Waals surface area contributed by atoms with E-state index in [1.165, 1.54) is 0 Å². The smallest absolute Gasteiger partial charge is 0.191 e. The fourth-order valence-electron chi connectivity index (χ4n) is 2.01. The highest BCUT2D eigenvalue weighted by molar-refractivity contribution is 14.0. The summed E-state index contributed by atoms with van der Waals surface area (Å²) in [6, 6.07) is 8.13. The lowest BCUT2D eigenvalue weighted by Crippen LogP contribution is -2.37. The second-order valence-electron chi connectivity index (χ2n) is 6.29. The molecule has 6 heteroatoms. The van der Waals surface area contributed by atoms with Crippen molar-refractivity contribution in [3.8, 4) is 5.75 Å². The van der Waals surface area contributed by atoms with Gasteiger partial charge in [0.05, 0.1) is 0 Å². The molecule has 1 aromatic carbocycles. The van der Waals surface area contributed by atoms with Gasteiger partial charge in [0.2, 0.25) is 0 Å². The standard InChI is InChI=1S/C18H32N4O.HI/c1-15(2)10-11-20-18(19-3)21-14-16-8-6-7-9-17(16)23-13-12-22(4)5;/h6-9,15H,10-14H2,1-5H3,(H2,19,20,21);1H. The van der Waals surface area contributed by atoms with Crippen LogP contribution in [0.15, 0.2) is 29.3 Å². The van der Waals surface area contributed by atoms with Crippen LogP contribution in [0.4, 0.5) is 0 Å². The summed E-state index contributed by atoms with van der Waals surface area (Å²) in [4.78, 5) is 6.37. The van der Waals surface area contributed by atoms with Crippen LogP contribution in [0, 0.1) is 5.92 Å². The van der Waals surface area contributed by atoms with Gasteiger partial charge < -0.3 is 20.3 Å². The lowest BCUT2D eigenvalue weighted by atomic mass is 10.1. The number of likely N-dealkylation sites (N-methyl/N-ethyl adjacent to an activating group) is 1. The number of rotatable bonds is 9. The van der Waals surface area contributed by atoms with Crippen LogP contribution >= 0.6 is 24.0 Å². The first-order chi connectivity index (χ1) is 11.0. The van der Waals surface area contributed by atoms with Crippen LogP contribution in [0.2, 0.25) is 0 Å². The Balaban J connectivity index is 0.00000529. The molecule has 2 N–H and O–H groups in total. The van der Waals surface area contributed by atoms with E-state index >= 15 is 0 Å². The molecule has 0 spiro atoms. The first-order valence-corrected chi connectivity index (χ1v) is 8.33. The summed E-state index contributed by atoms with van der Waals surface area (Å²) in [6.45, 7) is 7.65. The zero-order valence-corrected chi connectivity index (χ0v) is 18.0. The minimum atomic E-state index is 0. The molecule has 0 fully saturated rings. The van der Waals surface area contributed by atoms with E-state index in [1.54, 1.807) is 7.05 Å². The molecule has 0 aromatic heterocycles. The number of ether oxygens (including phenoxy) is 1. The third-order valence-corrected chi connectivity index (χ3v) is 3.45. The Morgan fingerprint density at radius 3 is 2.54 bits per heavy atom. The molecule has 0 amide bonds. The fourth-order valence-corrected chi connectivity index (χ4v) is 2.01. The average Bonchev–Trinajstić information content (AvgIpc) is 2.51. The van der Waals surface area contributed by atoms with Crippen LogP contribution in [0.3, 0.4) is 0 Å². The van der Waals surface area contributed by atoms with Crippen LogP contribution in [-0.2, 0) is 6.54 Å². The van der Waals surface area contributed by atoms with Crippen molar-refractivity contribution in [2.75, 3.05) is 40.8 Å². The first kappa shape index (κ1) is 23.0. The molecule has 0 bridgehead atoms. The van der Waals surface area contributed by atoms with Crippen molar-refractivity contribution in [3.63, 3.8) is 0 Å². The van der Waals surface area contributed by atoms with Gasteiger partial charge in [-0.3, -0.25) is 4.99 Å². The minimum Gasteiger partial charge on any atom is -0.492 e. The van der Waals surface area contributed by atoms with Crippen LogP contribution in [0.5, 0.6) is 5.75 Å². The molecule has 0 aliphatic heterocycles. The highest BCUT2D eigenvalue weighted by Crippen LogP contribution is 2.17. The molecule has 0 heterocycles. The Morgan fingerprint density at radius 2 is 1.92 bits per heavy atom. The maximum atomic E-state index is 5.88. The molecule has 1 aromatic rings. The zero-order chi connectivity index (χ0) is 17.1. The lowest BCUT2D eigenvalue weighted by Gasteiger charge is -2.16. The Kier molecular flexibility index (Phi) is 12.7. The van der Waals surface area contributed by atoms with Crippen molar-refractivity contribution in [2.24, 2.45) is 10.9 Å². The first-order valence-electron chi connectivity index (χ1n) is 8.33. The van der Waals surface area contributed by atoms with Crippen molar-refractivity contribution >= 4 is 29.9 Å². The average molecular weight is 448 g/mol. The zero-order valence-electron chi connectivity index (χ0n) is 15.6. The van der Waals surface area contributed by atoms with Gasteiger partial charge in [-0.25, -0.2) is 0 Å². The largest absolute Gasteiger partial charge is 0.492 e. The predicted molar refractivity (Wildman–Crippen MR) is 114 cm³/mol. The molecule has 0 aliphatic carbocycles. The number of nitrogens with one attached hydrogen (secondary N) is 2. The second-order valence-corrected chi connectivity index (χ2v) is 6.29. The molecule has 0 radical (unpaired) electrons. The molecular weight excluding hydrogens is 415 g/mol. The second kappa shape index (κ2) is 13.3. The number of halogens is 1. The Hall–Kier alpha value is -1.02. The molecule has 0 saturated heterocycles. The van der Waals surface area contributed by atoms with E-state index in [0.29, 0.717) is 19.1 Å². The molecular formula is C18H33IN4O. The van der Waals surface area contributed by atoms with E-state index in [4.69, 9.17) is 4.74 Å². The summed E-state index contributed by atoms with van der Waals surface area (Å²) in [7, 11) is 5.89. The molecule has 0 aliphatic rings. The maximum Gasteiger partial charge on any atom is 0.191 e. The SMILES string of the molecule is CN=C(NCCC(C)C)NCc1ccccc1OCCN(C)C.I. The summed E-state index contributed by atoms with van der Waals surface area (Å²) < 4.78 is 5.88. The summed E-state index contributed by atoms with van der Waals surface area (Å²) in [5.74, 6) is 2.44. The monoisotopic (exact) mass is 448 g/mol. The predicted octanol–water partition coefficient (Wildman–Crippen LogP) is 2.96. The highest BCUT2D eigenvalue weighted by atomic mass is 127. The molecule has 0 atom stereocenters. The molecule has 24 heavy (non-hydrogen) atoms. The number of aliphatic imine (C=N–C) groups is 1. The molecule has 5 nitrogen and oxygen atoms in total. The van der Waals surface area contributed by atoms with E-state index < -0.39 is 0 Å². The molecule has 1 rings (SSSR count). The van der Waals surface area contributed by atoms with Gasteiger partial charge in [0.15, 0.2) is 5.96 Å². The van der Waals surface area contributed by atoms with Gasteiger partial charge in [0.1, 0.15) is 12.4 Å². The van der Waals surface area contributed by atoms with Crippen LogP contribution in [0.25, 0.3) is 0 Å². The normalized spacial score (nSPS) is 11.4. The van der Waals surface area contributed by atoms with E-state index in [1.807, 2.05) is 32.3 Å². The quantitative estimate of drug-likeness (QED) is 0.347. The minimum absolute atomic E-state index is 0. The van der Waals surface area contributed by atoms with Gasteiger partial charge >= 0.3 is 0 Å². The van der Waals surface area contributed by atoms with Gasteiger partial charge in [-0.05, 0) is 32.5 Å². The third-order valence-electron chi connectivity index (χ3n) is 3.45. The van der Waals surface area contributed by atoms with E-state index in [0.717, 1.165) is 36.8 Å². The number of nitrogens with zero attached hydrogens (tertiary/aromatic N) is 2. The van der Waals surface area contributed by atoms with Crippen LogP contribution in [-0.4, -0.2) is 51.7 Å². The van der Waals surface area contributed by atoms with Gasteiger partial charge in [-0.15, -0.1) is 24.0 Å². The summed E-state index contributed by atoms with van der Waals surface area (Å²) in [5.41, 5.74) is 1.14. The Labute approximate surface area is 164 Å². The number of hydrogen-bond acceptors (Lipinski definition) is 3. The summed E-state index contributed by atoms with van der Waals surface area (Å²) in [6.07, 6.45) is 1.13. The van der Waals surface area contributed by atoms with E-state index in [2.05, 4.69) is 40.4 Å². The molecule has 0 saturated carbocycles. The molecule has 0 unspecified atom stereocenters. The van der Waals surface area contributed by atoms with Gasteiger partial charge in [0, 0.05) is 32.2 Å². The van der Waals surface area contributed by atoms with Gasteiger partial charge in [0.25, 0.3) is 0 Å². The van der Waals surface area contributed by atoms with Gasteiger partial charge in [-0.1, -0.05) is 32.0 Å².